The molecular weight excluding hydrogens is 409 g/mol. The maximum atomic E-state index is 9.31. The van der Waals surface area contributed by atoms with Crippen LogP contribution in [0.25, 0.3) is 0 Å². The highest BCUT2D eigenvalue weighted by Gasteiger charge is 2.14. The van der Waals surface area contributed by atoms with Crippen LogP contribution in [0.4, 0.5) is 0 Å². The fourth-order valence-corrected chi connectivity index (χ4v) is 3.12. The summed E-state index contributed by atoms with van der Waals surface area (Å²) in [5.41, 5.74) is 1.83. The summed E-state index contributed by atoms with van der Waals surface area (Å²) in [6.45, 7) is 5.37. The van der Waals surface area contributed by atoms with E-state index in [9.17, 15) is 5.11 Å². The van der Waals surface area contributed by atoms with E-state index in [2.05, 4.69) is 5.32 Å². The van der Waals surface area contributed by atoms with Gasteiger partial charge in [0.05, 0.1) is 28.3 Å². The lowest BCUT2D eigenvalue weighted by Gasteiger charge is -2.17. The molecule has 0 spiro atoms. The molecule has 0 radical (unpaired) electrons. The third-order valence-electron chi connectivity index (χ3n) is 4.04. The zero-order valence-electron chi connectivity index (χ0n) is 15.4. The Morgan fingerprint density at radius 1 is 0.963 bits per heavy atom. The number of nitrogens with one attached hydrogen (secondary N) is 1. The zero-order valence-corrected chi connectivity index (χ0v) is 17.7. The lowest BCUT2D eigenvalue weighted by molar-refractivity contribution is 0.238. The Bertz CT molecular complexity index is 751. The molecule has 0 heterocycles. The second-order valence-electron chi connectivity index (χ2n) is 6.04. The van der Waals surface area contributed by atoms with E-state index < -0.39 is 0 Å². The lowest BCUT2D eigenvalue weighted by atomic mass is 10.1. The van der Waals surface area contributed by atoms with E-state index in [0.717, 1.165) is 17.5 Å². The van der Waals surface area contributed by atoms with Crippen molar-refractivity contribution in [2.24, 2.45) is 0 Å². The van der Waals surface area contributed by atoms with Crippen LogP contribution in [0.5, 0.6) is 11.5 Å². The van der Waals surface area contributed by atoms with Gasteiger partial charge < -0.3 is 19.9 Å². The van der Waals surface area contributed by atoms with Gasteiger partial charge in [-0.25, -0.2) is 0 Å². The Morgan fingerprint density at radius 3 is 2.33 bits per heavy atom. The second-order valence-corrected chi connectivity index (χ2v) is 7.27. The van der Waals surface area contributed by atoms with Crippen molar-refractivity contribution in [2.45, 2.75) is 39.5 Å². The van der Waals surface area contributed by atoms with Crippen LogP contribution >= 0.6 is 34.8 Å². The summed E-state index contributed by atoms with van der Waals surface area (Å²) in [7, 11) is 0. The van der Waals surface area contributed by atoms with E-state index in [1.54, 1.807) is 12.1 Å². The van der Waals surface area contributed by atoms with Gasteiger partial charge >= 0.3 is 0 Å². The van der Waals surface area contributed by atoms with Gasteiger partial charge in [0.2, 0.25) is 0 Å². The lowest BCUT2D eigenvalue weighted by Crippen LogP contribution is -2.31. The van der Waals surface area contributed by atoms with Crippen LogP contribution in [0.1, 0.15) is 31.4 Å². The molecule has 1 atom stereocenters. The van der Waals surface area contributed by atoms with Crippen molar-refractivity contribution in [3.05, 3.63) is 56.5 Å². The Morgan fingerprint density at radius 2 is 1.70 bits per heavy atom. The molecule has 2 aromatic rings. The van der Waals surface area contributed by atoms with E-state index in [4.69, 9.17) is 44.3 Å². The van der Waals surface area contributed by atoms with E-state index in [-0.39, 0.29) is 19.3 Å². The number of aliphatic hydroxyl groups is 1. The minimum Gasteiger partial charge on any atom is -0.490 e. The van der Waals surface area contributed by atoms with Gasteiger partial charge in [0.1, 0.15) is 6.61 Å². The van der Waals surface area contributed by atoms with Crippen LogP contribution in [0.15, 0.2) is 30.3 Å². The quantitative estimate of drug-likeness (QED) is 0.521. The van der Waals surface area contributed by atoms with E-state index in [1.165, 1.54) is 0 Å². The van der Waals surface area contributed by atoms with Gasteiger partial charge in [-0.1, -0.05) is 47.8 Å². The highest BCUT2D eigenvalue weighted by Crippen LogP contribution is 2.37. The molecule has 0 aliphatic heterocycles. The molecule has 1 unspecified atom stereocenters. The number of benzene rings is 2. The Hall–Kier alpha value is -1.17. The average Bonchev–Trinajstić information content (AvgIpc) is 2.65. The summed E-state index contributed by atoms with van der Waals surface area (Å²) in [4.78, 5) is 0. The van der Waals surface area contributed by atoms with Crippen LogP contribution in [0.2, 0.25) is 15.1 Å². The minimum absolute atomic E-state index is 0.0462. The third-order valence-corrected chi connectivity index (χ3v) is 5.06. The molecule has 4 nitrogen and oxygen atoms in total. The summed E-state index contributed by atoms with van der Waals surface area (Å²) in [5, 5.41) is 14.0. The number of hydrogen-bond acceptors (Lipinski definition) is 4. The van der Waals surface area contributed by atoms with Gasteiger partial charge in [-0.2, -0.15) is 0 Å². The molecular formula is C20H24Cl3NO3. The summed E-state index contributed by atoms with van der Waals surface area (Å²) in [5.74, 6) is 1.07. The number of hydrogen-bond donors (Lipinski definition) is 2. The number of ether oxygens (including phenoxy) is 2. The molecule has 148 valence electrons. The number of halogens is 3. The maximum Gasteiger partial charge on any atom is 0.180 e. The van der Waals surface area contributed by atoms with Crippen molar-refractivity contribution in [1.82, 2.24) is 5.32 Å². The summed E-state index contributed by atoms with van der Waals surface area (Å²) in [6, 6.07) is 9.12. The predicted octanol–water partition coefficient (Wildman–Crippen LogP) is 5.49. The molecule has 0 aliphatic rings. The fourth-order valence-electron chi connectivity index (χ4n) is 2.51. The monoisotopic (exact) mass is 431 g/mol. The Labute approximate surface area is 175 Å². The standard InChI is InChI=1S/C20H24Cl3NO3/c1-3-15(11-25)24-10-14-8-18(23)20(19(9-14)26-4-2)27-12-13-5-6-16(21)17(22)7-13/h5-9,15,24-25H,3-4,10-12H2,1-2H3. The fraction of sp³-hybridized carbons (Fsp3) is 0.400. The second kappa shape index (κ2) is 11.0. The first-order valence-corrected chi connectivity index (χ1v) is 9.98. The van der Waals surface area contributed by atoms with Gasteiger partial charge in [-0.3, -0.25) is 0 Å². The first-order valence-electron chi connectivity index (χ1n) is 8.84. The van der Waals surface area contributed by atoms with Crippen molar-refractivity contribution in [1.29, 1.82) is 0 Å². The summed E-state index contributed by atoms with van der Waals surface area (Å²) in [6.07, 6.45) is 0.841. The Kier molecular flexibility index (Phi) is 9.00. The molecule has 0 aromatic heterocycles. The van der Waals surface area contributed by atoms with Gasteiger partial charge in [0.15, 0.2) is 11.5 Å². The van der Waals surface area contributed by atoms with Crippen molar-refractivity contribution in [2.75, 3.05) is 13.2 Å². The highest BCUT2D eigenvalue weighted by atomic mass is 35.5. The molecule has 0 aliphatic carbocycles. The average molecular weight is 433 g/mol. The van der Waals surface area contributed by atoms with Crippen molar-refractivity contribution < 1.29 is 14.6 Å². The first kappa shape index (κ1) is 22.1. The number of rotatable bonds is 10. The van der Waals surface area contributed by atoms with E-state index >= 15 is 0 Å². The SMILES string of the molecule is CCOc1cc(CNC(CC)CO)cc(Cl)c1OCc1ccc(Cl)c(Cl)c1. The van der Waals surface area contributed by atoms with Crippen molar-refractivity contribution in [3.63, 3.8) is 0 Å². The van der Waals surface area contributed by atoms with Crippen molar-refractivity contribution in [3.8, 4) is 11.5 Å². The molecule has 0 amide bonds. The van der Waals surface area contributed by atoms with E-state index in [0.29, 0.717) is 39.7 Å². The van der Waals surface area contributed by atoms with Crippen LogP contribution in [-0.2, 0) is 13.2 Å². The molecule has 27 heavy (non-hydrogen) atoms. The van der Waals surface area contributed by atoms with Crippen LogP contribution in [-0.4, -0.2) is 24.4 Å². The molecule has 0 bridgehead atoms. The normalized spacial score (nSPS) is 12.1. The molecule has 2 N–H and O–H groups in total. The third kappa shape index (κ3) is 6.44. The smallest absolute Gasteiger partial charge is 0.180 e. The topological polar surface area (TPSA) is 50.7 Å². The summed E-state index contributed by atoms with van der Waals surface area (Å²) >= 11 is 18.4. The Balaban J connectivity index is 2.15. The van der Waals surface area contributed by atoms with Gasteiger partial charge in [-0.15, -0.1) is 0 Å². The molecule has 7 heteroatoms. The van der Waals surface area contributed by atoms with Crippen LogP contribution in [0.3, 0.4) is 0 Å². The van der Waals surface area contributed by atoms with Crippen LogP contribution < -0.4 is 14.8 Å². The number of aliphatic hydroxyl groups excluding tert-OH is 1. The molecule has 2 rings (SSSR count). The molecule has 2 aromatic carbocycles. The predicted molar refractivity (Wildman–Crippen MR) is 111 cm³/mol. The van der Waals surface area contributed by atoms with Gasteiger partial charge in [0.25, 0.3) is 0 Å². The van der Waals surface area contributed by atoms with Gasteiger partial charge in [-0.05, 0) is 48.7 Å². The van der Waals surface area contributed by atoms with E-state index in [1.807, 2.05) is 32.0 Å². The summed E-state index contributed by atoms with van der Waals surface area (Å²) < 4.78 is 11.6. The van der Waals surface area contributed by atoms with Crippen LogP contribution in [0, 0.1) is 0 Å². The largest absolute Gasteiger partial charge is 0.490 e. The van der Waals surface area contributed by atoms with Crippen molar-refractivity contribution >= 4 is 34.8 Å². The first-order chi connectivity index (χ1) is 13.0. The molecule has 0 saturated carbocycles. The molecule has 0 fully saturated rings. The maximum absolute atomic E-state index is 9.31. The molecule has 0 saturated heterocycles. The highest BCUT2D eigenvalue weighted by molar-refractivity contribution is 6.42. The van der Waals surface area contributed by atoms with Gasteiger partial charge in [0, 0.05) is 12.6 Å². The minimum atomic E-state index is 0.0462. The zero-order chi connectivity index (χ0) is 19.8.